The summed E-state index contributed by atoms with van der Waals surface area (Å²) in [5.74, 6) is -5.39. The average molecular weight is 822 g/mol. The fourth-order valence-electron chi connectivity index (χ4n) is 2.31. The van der Waals surface area contributed by atoms with Gasteiger partial charge in [0.05, 0.1) is 23.9 Å². The molecule has 0 aromatic heterocycles. The predicted octanol–water partition coefficient (Wildman–Crippen LogP) is 7.97. The number of hydrogen-bond donors (Lipinski definition) is 1. The summed E-state index contributed by atoms with van der Waals surface area (Å²) in [6.07, 6.45) is 1.21. The highest BCUT2D eigenvalue weighted by Gasteiger charge is 2.10. The monoisotopic (exact) mass is 822 g/mol. The van der Waals surface area contributed by atoms with Gasteiger partial charge in [-0.05, 0) is 98.8 Å². The van der Waals surface area contributed by atoms with Gasteiger partial charge in [-0.1, -0.05) is 0 Å². The topological polar surface area (TPSA) is 38.7 Å². The zero-order valence-electron chi connectivity index (χ0n) is 17.0. The number of aromatic hydroxyl groups is 1. The smallest absolute Gasteiger partial charge is 0.162 e. The number of benzene rings is 3. The third kappa shape index (κ3) is 8.80. The van der Waals surface area contributed by atoms with E-state index < -0.39 is 34.9 Å². The van der Waals surface area contributed by atoms with Crippen LogP contribution in [0.2, 0.25) is 0 Å². The van der Waals surface area contributed by atoms with E-state index in [1.807, 2.05) is 45.2 Å². The third-order valence-corrected chi connectivity index (χ3v) is 6.54. The van der Waals surface area contributed by atoms with E-state index in [-0.39, 0.29) is 17.2 Å². The van der Waals surface area contributed by atoms with Gasteiger partial charge in [-0.25, -0.2) is 26.3 Å². The lowest BCUT2D eigenvalue weighted by Crippen LogP contribution is -2.05. The van der Waals surface area contributed by atoms with Crippen LogP contribution in [0.25, 0.3) is 0 Å². The second kappa shape index (κ2) is 13.8. The molecule has 12 heteroatoms. The first-order valence-electron chi connectivity index (χ1n) is 9.37. The molecular weight excluding hydrogens is 807 g/mol. The van der Waals surface area contributed by atoms with Crippen LogP contribution in [0.5, 0.6) is 17.2 Å². The van der Waals surface area contributed by atoms with Gasteiger partial charge in [0.1, 0.15) is 17.2 Å². The van der Waals surface area contributed by atoms with Crippen LogP contribution in [0.1, 0.15) is 12.8 Å². The zero-order valence-corrected chi connectivity index (χ0v) is 23.4. The molecule has 184 valence electrons. The van der Waals surface area contributed by atoms with Gasteiger partial charge >= 0.3 is 0 Å². The minimum Gasteiger partial charge on any atom is -0.507 e. The molecule has 3 rings (SSSR count). The summed E-state index contributed by atoms with van der Waals surface area (Å²) in [5.41, 5.74) is 0. The van der Waals surface area contributed by atoms with Gasteiger partial charge in [0.25, 0.3) is 0 Å². The van der Waals surface area contributed by atoms with Crippen LogP contribution in [-0.4, -0.2) is 18.3 Å². The van der Waals surface area contributed by atoms with Crippen LogP contribution >= 0.6 is 67.8 Å². The van der Waals surface area contributed by atoms with Crippen LogP contribution in [0.15, 0.2) is 36.4 Å². The summed E-state index contributed by atoms with van der Waals surface area (Å²) >= 11 is 5.44. The zero-order chi connectivity index (χ0) is 25.4. The van der Waals surface area contributed by atoms with Gasteiger partial charge in [-0.3, -0.25) is 0 Å². The number of rotatable bonds is 7. The molecule has 0 spiro atoms. The van der Waals surface area contributed by atoms with Crippen molar-refractivity contribution in [1.82, 2.24) is 0 Å². The molecule has 3 aromatic rings. The minimum absolute atomic E-state index is 0.237. The standard InChI is InChI=1S/C16H12F4I2O2.C6H3F2IO/c17-9-5-13(21)15(7-11(9)19)23-3-1-2-4-24-16-8-12(20)10(18)6-14(16)22;7-3-1-5(9)6(10)2-4(3)8/h5-8H,1-4H2;1-2,10H. The van der Waals surface area contributed by atoms with E-state index in [9.17, 15) is 26.3 Å². The van der Waals surface area contributed by atoms with Crippen molar-refractivity contribution in [3.05, 3.63) is 82.0 Å². The lowest BCUT2D eigenvalue weighted by atomic mass is 10.3. The van der Waals surface area contributed by atoms with E-state index in [4.69, 9.17) is 14.6 Å². The second-order valence-electron chi connectivity index (χ2n) is 6.52. The summed E-state index contributed by atoms with van der Waals surface area (Å²) < 4.78 is 88.8. The second-order valence-corrected chi connectivity index (χ2v) is 10.0. The molecule has 34 heavy (non-hydrogen) atoms. The molecule has 0 unspecified atom stereocenters. The molecule has 3 aromatic carbocycles. The molecule has 0 fully saturated rings. The molecule has 0 amide bonds. The molecule has 0 saturated heterocycles. The fraction of sp³-hybridized carbons (Fsp3) is 0.182. The Balaban J connectivity index is 0.000000340. The molecule has 0 aliphatic carbocycles. The van der Waals surface area contributed by atoms with Gasteiger partial charge in [0, 0.05) is 18.2 Å². The van der Waals surface area contributed by atoms with Crippen molar-refractivity contribution >= 4 is 67.8 Å². The lowest BCUT2D eigenvalue weighted by molar-refractivity contribution is 0.262. The van der Waals surface area contributed by atoms with Crippen LogP contribution in [0, 0.1) is 45.6 Å². The van der Waals surface area contributed by atoms with Crippen molar-refractivity contribution in [2.45, 2.75) is 12.8 Å². The normalized spacial score (nSPS) is 10.5. The average Bonchev–Trinajstić information content (AvgIpc) is 2.76. The number of hydrogen-bond acceptors (Lipinski definition) is 3. The van der Waals surface area contributed by atoms with Crippen molar-refractivity contribution in [3.63, 3.8) is 0 Å². The molecular formula is C22H15F6I3O3. The Morgan fingerprint density at radius 1 is 0.529 bits per heavy atom. The van der Waals surface area contributed by atoms with Crippen molar-refractivity contribution in [1.29, 1.82) is 0 Å². The molecule has 3 nitrogen and oxygen atoms in total. The quantitative estimate of drug-likeness (QED) is 0.114. The maximum absolute atomic E-state index is 13.1. The molecule has 0 aliphatic heterocycles. The van der Waals surface area contributed by atoms with Crippen molar-refractivity contribution in [2.75, 3.05) is 13.2 Å². The molecule has 0 heterocycles. The van der Waals surface area contributed by atoms with E-state index in [1.54, 1.807) is 22.6 Å². The first-order valence-corrected chi connectivity index (χ1v) is 12.6. The lowest BCUT2D eigenvalue weighted by Gasteiger charge is -2.10. The third-order valence-electron chi connectivity index (χ3n) is 3.99. The first-order chi connectivity index (χ1) is 16.0. The van der Waals surface area contributed by atoms with E-state index in [1.165, 1.54) is 0 Å². The largest absolute Gasteiger partial charge is 0.507 e. The number of phenols is 1. The molecule has 0 bridgehead atoms. The minimum atomic E-state index is -1.03. The number of ether oxygens (including phenoxy) is 2. The highest BCUT2D eigenvalue weighted by Crippen LogP contribution is 2.26. The molecule has 0 saturated carbocycles. The number of phenolic OH excluding ortho intramolecular Hbond substituents is 1. The van der Waals surface area contributed by atoms with Gasteiger partial charge in [0.15, 0.2) is 34.9 Å². The summed E-state index contributed by atoms with van der Waals surface area (Å²) in [6.45, 7) is 0.610. The molecule has 0 atom stereocenters. The first kappa shape index (κ1) is 29.1. The Morgan fingerprint density at radius 2 is 0.853 bits per heavy atom. The molecule has 1 N–H and O–H groups in total. The highest BCUT2D eigenvalue weighted by atomic mass is 127. The Bertz CT molecular complexity index is 1040. The maximum Gasteiger partial charge on any atom is 0.162 e. The summed E-state index contributed by atoms with van der Waals surface area (Å²) in [6, 6.07) is 5.84. The van der Waals surface area contributed by atoms with Gasteiger partial charge in [-0.15, -0.1) is 0 Å². The van der Waals surface area contributed by atoms with E-state index in [2.05, 4.69) is 0 Å². The molecule has 0 aliphatic rings. The van der Waals surface area contributed by atoms with Crippen LogP contribution in [0.4, 0.5) is 26.3 Å². The van der Waals surface area contributed by atoms with Crippen molar-refractivity contribution < 1.29 is 40.9 Å². The summed E-state index contributed by atoms with van der Waals surface area (Å²) in [5, 5.41) is 8.81. The van der Waals surface area contributed by atoms with E-state index in [0.717, 1.165) is 36.4 Å². The molecule has 0 radical (unpaired) electrons. The fourth-order valence-corrected chi connectivity index (χ4v) is 3.91. The van der Waals surface area contributed by atoms with Gasteiger partial charge in [-0.2, -0.15) is 0 Å². The van der Waals surface area contributed by atoms with Gasteiger partial charge in [0.2, 0.25) is 0 Å². The van der Waals surface area contributed by atoms with Crippen LogP contribution in [-0.2, 0) is 0 Å². The Kier molecular flexibility index (Phi) is 11.8. The van der Waals surface area contributed by atoms with E-state index in [0.29, 0.717) is 36.8 Å². The Hall–Kier alpha value is -1.17. The van der Waals surface area contributed by atoms with E-state index >= 15 is 0 Å². The number of unbranched alkanes of at least 4 members (excludes halogenated alkanes) is 1. The van der Waals surface area contributed by atoms with Crippen molar-refractivity contribution in [3.8, 4) is 17.2 Å². The van der Waals surface area contributed by atoms with Gasteiger partial charge < -0.3 is 14.6 Å². The van der Waals surface area contributed by atoms with Crippen LogP contribution < -0.4 is 9.47 Å². The van der Waals surface area contributed by atoms with Crippen LogP contribution in [0.3, 0.4) is 0 Å². The SMILES string of the molecule is Fc1cc(I)c(OCCCCOc2cc(F)c(F)cc2I)cc1F.Oc1cc(F)c(F)cc1I. The maximum atomic E-state index is 13.1. The Labute approximate surface area is 232 Å². The van der Waals surface area contributed by atoms with Crippen molar-refractivity contribution in [2.24, 2.45) is 0 Å². The number of halogens is 9. The predicted molar refractivity (Wildman–Crippen MR) is 139 cm³/mol. The summed E-state index contributed by atoms with van der Waals surface area (Å²) in [4.78, 5) is 0. The highest BCUT2D eigenvalue weighted by molar-refractivity contribution is 14.1. The Morgan fingerprint density at radius 3 is 1.24 bits per heavy atom. The summed E-state index contributed by atoms with van der Waals surface area (Å²) in [7, 11) is 0.